The van der Waals surface area contributed by atoms with Crippen LogP contribution in [0.5, 0.6) is 0 Å². The van der Waals surface area contributed by atoms with Gasteiger partial charge >= 0.3 is 6.03 Å². The minimum absolute atomic E-state index is 0.0398. The van der Waals surface area contributed by atoms with Crippen LogP contribution in [0.15, 0.2) is 30.6 Å². The molecule has 31 heavy (non-hydrogen) atoms. The average Bonchev–Trinajstić information content (AvgIpc) is 3.09. The van der Waals surface area contributed by atoms with Crippen LogP contribution in [0.25, 0.3) is 11.2 Å². The number of carbonyl (C=O) groups excluding carboxylic acids is 2. The second-order valence-electron chi connectivity index (χ2n) is 6.86. The number of non-ortho nitro benzene ring substituents is 1. The first-order chi connectivity index (χ1) is 14.8. The second kappa shape index (κ2) is 7.74. The molecule has 0 bridgehead atoms. The second-order valence-corrected chi connectivity index (χ2v) is 6.86. The molecule has 4 rings (SSSR count). The van der Waals surface area contributed by atoms with Crippen molar-refractivity contribution in [1.82, 2.24) is 29.7 Å². The van der Waals surface area contributed by atoms with Gasteiger partial charge in [0.1, 0.15) is 5.52 Å². The van der Waals surface area contributed by atoms with Gasteiger partial charge < -0.3 is 31.6 Å². The van der Waals surface area contributed by atoms with Gasteiger partial charge in [0, 0.05) is 30.9 Å². The molecule has 2 aromatic heterocycles. The highest BCUT2D eigenvalue weighted by Gasteiger charge is 2.33. The number of fused-ring (bicyclic) bond motifs is 1. The summed E-state index contributed by atoms with van der Waals surface area (Å²) >= 11 is 0. The normalized spacial score (nSPS) is 13.6. The first-order valence-electron chi connectivity index (χ1n) is 9.14. The quantitative estimate of drug-likeness (QED) is 0.322. The fourth-order valence-corrected chi connectivity index (χ4v) is 3.20. The number of aromatic nitrogens is 4. The van der Waals surface area contributed by atoms with Crippen molar-refractivity contribution in [3.8, 4) is 0 Å². The summed E-state index contributed by atoms with van der Waals surface area (Å²) in [4.78, 5) is 48.3. The zero-order chi connectivity index (χ0) is 22.1. The van der Waals surface area contributed by atoms with Crippen LogP contribution in [-0.4, -0.2) is 60.9 Å². The number of benzene rings is 1. The predicted octanol–water partition coefficient (Wildman–Crippen LogP) is 0.104. The zero-order valence-corrected chi connectivity index (χ0v) is 16.1. The van der Waals surface area contributed by atoms with Crippen molar-refractivity contribution >= 4 is 46.2 Å². The minimum Gasteiger partial charge on any atom is -0.382 e. The number of nitro groups is 1. The number of carbonyl (C=O) groups is 2. The maximum atomic E-state index is 12.3. The molecule has 3 amide bonds. The Morgan fingerprint density at radius 2 is 2.03 bits per heavy atom. The highest BCUT2D eigenvalue weighted by atomic mass is 16.6. The van der Waals surface area contributed by atoms with Gasteiger partial charge in [-0.05, 0) is 6.07 Å². The summed E-state index contributed by atoms with van der Waals surface area (Å²) in [7, 11) is 0. The number of rotatable bonds is 5. The smallest absolute Gasteiger partial charge is 0.319 e. The lowest BCUT2D eigenvalue weighted by molar-refractivity contribution is -0.384. The van der Waals surface area contributed by atoms with Gasteiger partial charge in [0.2, 0.25) is 11.9 Å². The third-order valence-corrected chi connectivity index (χ3v) is 4.79. The van der Waals surface area contributed by atoms with Crippen LogP contribution in [0.2, 0.25) is 0 Å². The van der Waals surface area contributed by atoms with Crippen molar-refractivity contribution in [3.63, 3.8) is 0 Å². The molecule has 1 aromatic carbocycles. The molecule has 1 fully saturated rings. The molecular weight excluding hydrogens is 408 g/mol. The Labute approximate surface area is 174 Å². The molecule has 1 aliphatic heterocycles. The van der Waals surface area contributed by atoms with Crippen LogP contribution >= 0.6 is 0 Å². The number of urea groups is 1. The van der Waals surface area contributed by atoms with E-state index in [1.165, 1.54) is 24.3 Å². The van der Waals surface area contributed by atoms with Gasteiger partial charge in [-0.3, -0.25) is 14.9 Å². The van der Waals surface area contributed by atoms with Crippen LogP contribution in [0.3, 0.4) is 0 Å². The van der Waals surface area contributed by atoms with Gasteiger partial charge in [0.25, 0.3) is 5.69 Å². The third kappa shape index (κ3) is 3.98. The number of nitrogens with one attached hydrogen (secondary N) is 2. The van der Waals surface area contributed by atoms with Crippen molar-refractivity contribution in [2.24, 2.45) is 0 Å². The number of amides is 3. The van der Waals surface area contributed by atoms with Crippen LogP contribution in [0.4, 0.5) is 27.9 Å². The van der Waals surface area contributed by atoms with E-state index >= 15 is 0 Å². The Bertz CT molecular complexity index is 1190. The van der Waals surface area contributed by atoms with E-state index in [4.69, 9.17) is 11.5 Å². The first-order valence-corrected chi connectivity index (χ1v) is 9.14. The molecule has 0 spiro atoms. The SMILES string of the molecule is Nc1nc(N)c2ncn(C3CN(C(=O)CNC(=O)Nc4cccc([N+](=O)[O-])c4)C3)c2n1. The van der Waals surface area contributed by atoms with Gasteiger partial charge in [-0.1, -0.05) is 6.07 Å². The van der Waals surface area contributed by atoms with Crippen LogP contribution < -0.4 is 22.1 Å². The molecule has 0 aliphatic carbocycles. The standard InChI is InChI=1S/C17H18N10O4/c18-14-13-15(24-16(19)23-14)26(8-21-13)11-6-25(7-11)12(28)5-20-17(29)22-9-2-1-3-10(4-9)27(30)31/h1-4,8,11H,5-7H2,(H2,20,22,29)(H4,18,19,23,24). The Hall–Kier alpha value is -4.49. The number of hydrogen-bond donors (Lipinski definition) is 4. The van der Waals surface area contributed by atoms with E-state index < -0.39 is 11.0 Å². The van der Waals surface area contributed by atoms with E-state index in [1.54, 1.807) is 15.8 Å². The maximum Gasteiger partial charge on any atom is 0.319 e. The first kappa shape index (κ1) is 19.8. The molecule has 3 aromatic rings. The molecule has 160 valence electrons. The van der Waals surface area contributed by atoms with Crippen molar-refractivity contribution in [2.45, 2.75) is 6.04 Å². The average molecular weight is 426 g/mol. The third-order valence-electron chi connectivity index (χ3n) is 4.79. The van der Waals surface area contributed by atoms with Crippen molar-refractivity contribution in [3.05, 3.63) is 40.7 Å². The molecule has 0 radical (unpaired) electrons. The van der Waals surface area contributed by atoms with Crippen LogP contribution in [0.1, 0.15) is 6.04 Å². The lowest BCUT2D eigenvalue weighted by Crippen LogP contribution is -2.53. The molecule has 1 aliphatic rings. The Morgan fingerprint density at radius 1 is 1.26 bits per heavy atom. The van der Waals surface area contributed by atoms with Crippen molar-refractivity contribution in [1.29, 1.82) is 0 Å². The fraction of sp³-hybridized carbons (Fsp3) is 0.235. The fourth-order valence-electron chi connectivity index (χ4n) is 3.20. The summed E-state index contributed by atoms with van der Waals surface area (Å²) < 4.78 is 1.79. The number of hydrogen-bond acceptors (Lipinski definition) is 9. The lowest BCUT2D eigenvalue weighted by atomic mass is 10.1. The zero-order valence-electron chi connectivity index (χ0n) is 16.1. The molecule has 1 saturated heterocycles. The highest BCUT2D eigenvalue weighted by molar-refractivity contribution is 5.92. The number of nitrogen functional groups attached to an aromatic ring is 2. The lowest BCUT2D eigenvalue weighted by Gasteiger charge is -2.39. The maximum absolute atomic E-state index is 12.3. The topological polar surface area (TPSA) is 200 Å². The number of likely N-dealkylation sites (tertiary alicyclic amines) is 1. The van der Waals surface area contributed by atoms with Gasteiger partial charge in [0.05, 0.1) is 23.8 Å². The predicted molar refractivity (Wildman–Crippen MR) is 110 cm³/mol. The Kier molecular flexibility index (Phi) is 4.94. The summed E-state index contributed by atoms with van der Waals surface area (Å²) in [6, 6.07) is 4.79. The molecule has 3 heterocycles. The van der Waals surface area contributed by atoms with Crippen LogP contribution in [-0.2, 0) is 4.79 Å². The largest absolute Gasteiger partial charge is 0.382 e. The molecular formula is C17H18N10O4. The van der Waals surface area contributed by atoms with E-state index in [0.29, 0.717) is 24.3 Å². The van der Waals surface area contributed by atoms with E-state index in [0.717, 1.165) is 0 Å². The monoisotopic (exact) mass is 426 g/mol. The minimum atomic E-state index is -0.644. The number of nitro benzene ring substituents is 1. The molecule has 14 nitrogen and oxygen atoms in total. The van der Waals surface area contributed by atoms with E-state index in [-0.39, 0.29) is 41.6 Å². The van der Waals surface area contributed by atoms with E-state index in [9.17, 15) is 19.7 Å². The van der Waals surface area contributed by atoms with Gasteiger partial charge in [-0.15, -0.1) is 0 Å². The Morgan fingerprint density at radius 3 is 2.77 bits per heavy atom. The summed E-state index contributed by atoms with van der Waals surface area (Å²) in [6.45, 7) is 0.588. The van der Waals surface area contributed by atoms with Crippen molar-refractivity contribution < 1.29 is 14.5 Å². The molecule has 6 N–H and O–H groups in total. The number of nitrogens with zero attached hydrogens (tertiary/aromatic N) is 6. The summed E-state index contributed by atoms with van der Waals surface area (Å²) in [6.07, 6.45) is 1.58. The van der Waals surface area contributed by atoms with Crippen LogP contribution in [0, 0.1) is 10.1 Å². The van der Waals surface area contributed by atoms with Gasteiger partial charge in [-0.25, -0.2) is 9.78 Å². The molecule has 14 heteroatoms. The molecule has 0 atom stereocenters. The molecule has 0 unspecified atom stereocenters. The molecule has 0 saturated carbocycles. The number of nitrogens with two attached hydrogens (primary N) is 2. The Balaban J connectivity index is 1.29. The number of imidazole rings is 1. The number of anilines is 3. The van der Waals surface area contributed by atoms with E-state index in [1.807, 2.05) is 0 Å². The van der Waals surface area contributed by atoms with Gasteiger partial charge in [0.15, 0.2) is 11.5 Å². The van der Waals surface area contributed by atoms with Crippen molar-refractivity contribution in [2.75, 3.05) is 36.4 Å². The van der Waals surface area contributed by atoms with E-state index in [2.05, 4.69) is 25.6 Å². The highest BCUT2D eigenvalue weighted by Crippen LogP contribution is 2.26. The summed E-state index contributed by atoms with van der Waals surface area (Å²) in [5.74, 6) is -0.0473. The summed E-state index contributed by atoms with van der Waals surface area (Å²) in [5.41, 5.74) is 12.5. The van der Waals surface area contributed by atoms with Gasteiger partial charge in [-0.2, -0.15) is 9.97 Å². The summed E-state index contributed by atoms with van der Waals surface area (Å²) in [5, 5.41) is 15.7.